The van der Waals surface area contributed by atoms with Gasteiger partial charge in [0.1, 0.15) is 22.6 Å². The smallest absolute Gasteiger partial charge is 0.234 e. The highest BCUT2D eigenvalue weighted by Crippen LogP contribution is 2.38. The molecule has 2 aromatic heterocycles. The second kappa shape index (κ2) is 7.25. The molecule has 0 aliphatic carbocycles. The van der Waals surface area contributed by atoms with Crippen molar-refractivity contribution >= 4 is 17.7 Å². The van der Waals surface area contributed by atoms with Gasteiger partial charge in [0.25, 0.3) is 0 Å². The third-order valence-electron chi connectivity index (χ3n) is 4.21. The molecule has 26 heavy (non-hydrogen) atoms. The molecular formula is C18H18N4O3S. The number of thioether (sulfide) groups is 1. The fraction of sp³-hybridized carbons (Fsp3) is 0.278. The SMILES string of the molecule is COc1ccccc1Cn1cc(C2SCC(=O)N2Cc2ccco2)nn1. The maximum absolute atomic E-state index is 12.3. The Morgan fingerprint density at radius 2 is 2.15 bits per heavy atom. The van der Waals surface area contributed by atoms with E-state index in [4.69, 9.17) is 9.15 Å². The van der Waals surface area contributed by atoms with Gasteiger partial charge in [-0.05, 0) is 18.2 Å². The Labute approximate surface area is 154 Å². The molecule has 1 unspecified atom stereocenters. The minimum absolute atomic E-state index is 0.0793. The third-order valence-corrected chi connectivity index (χ3v) is 5.43. The van der Waals surface area contributed by atoms with Crippen molar-refractivity contribution in [3.8, 4) is 5.75 Å². The van der Waals surface area contributed by atoms with Gasteiger partial charge in [0.05, 0.1) is 38.4 Å². The number of carbonyl (C=O) groups is 1. The van der Waals surface area contributed by atoms with Crippen molar-refractivity contribution in [3.63, 3.8) is 0 Å². The number of ether oxygens (including phenoxy) is 1. The van der Waals surface area contributed by atoms with Gasteiger partial charge < -0.3 is 14.1 Å². The summed E-state index contributed by atoms with van der Waals surface area (Å²) in [6.45, 7) is 0.989. The van der Waals surface area contributed by atoms with Gasteiger partial charge in [-0.25, -0.2) is 4.68 Å². The number of furan rings is 1. The molecule has 1 saturated heterocycles. The number of hydrogen-bond acceptors (Lipinski definition) is 6. The summed E-state index contributed by atoms with van der Waals surface area (Å²) < 4.78 is 12.5. The lowest BCUT2D eigenvalue weighted by Gasteiger charge is -2.20. The summed E-state index contributed by atoms with van der Waals surface area (Å²) in [6.07, 6.45) is 3.50. The monoisotopic (exact) mass is 370 g/mol. The van der Waals surface area contributed by atoms with Crippen LogP contribution in [0, 0.1) is 0 Å². The van der Waals surface area contributed by atoms with Crippen molar-refractivity contribution in [2.45, 2.75) is 18.5 Å². The molecule has 0 N–H and O–H groups in total. The van der Waals surface area contributed by atoms with Crippen LogP contribution in [0.4, 0.5) is 0 Å². The lowest BCUT2D eigenvalue weighted by Crippen LogP contribution is -2.27. The molecular weight excluding hydrogens is 352 g/mol. The van der Waals surface area contributed by atoms with Crippen LogP contribution in [0.3, 0.4) is 0 Å². The molecule has 3 aromatic rings. The maximum Gasteiger partial charge on any atom is 0.234 e. The van der Waals surface area contributed by atoms with Gasteiger partial charge in [-0.1, -0.05) is 23.4 Å². The summed E-state index contributed by atoms with van der Waals surface area (Å²) >= 11 is 1.56. The fourth-order valence-corrected chi connectivity index (χ4v) is 4.07. The first-order valence-corrected chi connectivity index (χ1v) is 9.25. The van der Waals surface area contributed by atoms with Gasteiger partial charge in [0.15, 0.2) is 0 Å². The van der Waals surface area contributed by atoms with Crippen molar-refractivity contribution in [2.75, 3.05) is 12.9 Å². The summed E-state index contributed by atoms with van der Waals surface area (Å²) in [5, 5.41) is 8.36. The van der Waals surface area contributed by atoms with Gasteiger partial charge in [0.2, 0.25) is 5.91 Å². The highest BCUT2D eigenvalue weighted by atomic mass is 32.2. The molecule has 0 saturated carbocycles. The van der Waals surface area contributed by atoms with Crippen LogP contribution in [0.25, 0.3) is 0 Å². The second-order valence-electron chi connectivity index (χ2n) is 5.92. The average Bonchev–Trinajstić information content (AvgIpc) is 3.39. The van der Waals surface area contributed by atoms with Crippen molar-refractivity contribution in [3.05, 3.63) is 65.9 Å². The lowest BCUT2D eigenvalue weighted by molar-refractivity contribution is -0.128. The van der Waals surface area contributed by atoms with Gasteiger partial charge in [-0.2, -0.15) is 0 Å². The number of amides is 1. The molecule has 3 heterocycles. The van der Waals surface area contributed by atoms with E-state index >= 15 is 0 Å². The Morgan fingerprint density at radius 1 is 1.27 bits per heavy atom. The predicted octanol–water partition coefficient (Wildman–Crippen LogP) is 2.70. The molecule has 4 rings (SSSR count). The normalized spacial score (nSPS) is 17.0. The van der Waals surface area contributed by atoms with E-state index in [1.165, 1.54) is 0 Å². The minimum atomic E-state index is -0.154. The first kappa shape index (κ1) is 16.7. The number of aromatic nitrogens is 3. The largest absolute Gasteiger partial charge is 0.496 e. The Kier molecular flexibility index (Phi) is 4.66. The van der Waals surface area contributed by atoms with E-state index in [9.17, 15) is 4.79 Å². The fourth-order valence-electron chi connectivity index (χ4n) is 2.95. The molecule has 7 nitrogen and oxygen atoms in total. The van der Waals surface area contributed by atoms with Crippen LogP contribution in [0.15, 0.2) is 53.3 Å². The van der Waals surface area contributed by atoms with Crippen LogP contribution in [0.5, 0.6) is 5.75 Å². The van der Waals surface area contributed by atoms with Gasteiger partial charge in [-0.3, -0.25) is 4.79 Å². The molecule has 0 spiro atoms. The first-order chi connectivity index (χ1) is 12.7. The van der Waals surface area contributed by atoms with Crippen LogP contribution in [-0.2, 0) is 17.9 Å². The summed E-state index contributed by atoms with van der Waals surface area (Å²) in [7, 11) is 1.65. The summed E-state index contributed by atoms with van der Waals surface area (Å²) in [5.41, 5.74) is 1.79. The Balaban J connectivity index is 1.52. The zero-order valence-corrected chi connectivity index (χ0v) is 15.1. The molecule has 0 radical (unpaired) electrons. The second-order valence-corrected chi connectivity index (χ2v) is 6.99. The highest BCUT2D eigenvalue weighted by molar-refractivity contribution is 8.00. The van der Waals surface area contributed by atoms with Crippen molar-refractivity contribution in [2.24, 2.45) is 0 Å². The van der Waals surface area contributed by atoms with Crippen LogP contribution >= 0.6 is 11.8 Å². The highest BCUT2D eigenvalue weighted by Gasteiger charge is 2.35. The van der Waals surface area contributed by atoms with Crippen LogP contribution in [0.2, 0.25) is 0 Å². The van der Waals surface area contributed by atoms with E-state index < -0.39 is 0 Å². The quantitative estimate of drug-likeness (QED) is 0.664. The number of carbonyl (C=O) groups excluding carboxylic acids is 1. The summed E-state index contributed by atoms with van der Waals surface area (Å²) in [6, 6.07) is 11.5. The topological polar surface area (TPSA) is 73.4 Å². The van der Waals surface area contributed by atoms with E-state index in [0.717, 1.165) is 22.8 Å². The number of nitrogens with zero attached hydrogens (tertiary/aromatic N) is 4. The molecule has 8 heteroatoms. The molecule has 1 amide bonds. The summed E-state index contributed by atoms with van der Waals surface area (Å²) in [4.78, 5) is 14.0. The molecule has 1 aliphatic heterocycles. The molecule has 1 aliphatic rings. The van der Waals surface area contributed by atoms with Crippen LogP contribution in [0.1, 0.15) is 22.4 Å². The number of methoxy groups -OCH3 is 1. The maximum atomic E-state index is 12.3. The number of hydrogen-bond donors (Lipinski definition) is 0. The van der Waals surface area contributed by atoms with Gasteiger partial charge in [0, 0.05) is 5.56 Å². The van der Waals surface area contributed by atoms with Crippen LogP contribution < -0.4 is 4.74 Å². The van der Waals surface area contributed by atoms with Gasteiger partial charge >= 0.3 is 0 Å². The molecule has 1 fully saturated rings. The Morgan fingerprint density at radius 3 is 2.96 bits per heavy atom. The zero-order chi connectivity index (χ0) is 17.9. The third kappa shape index (κ3) is 3.32. The van der Waals surface area contributed by atoms with E-state index in [-0.39, 0.29) is 11.3 Å². The van der Waals surface area contributed by atoms with Gasteiger partial charge in [-0.15, -0.1) is 16.9 Å². The lowest BCUT2D eigenvalue weighted by atomic mass is 10.2. The van der Waals surface area contributed by atoms with Crippen molar-refractivity contribution < 1.29 is 13.9 Å². The first-order valence-electron chi connectivity index (χ1n) is 8.20. The predicted molar refractivity (Wildman–Crippen MR) is 96.6 cm³/mol. The Hall–Kier alpha value is -2.74. The van der Waals surface area contributed by atoms with E-state index in [2.05, 4.69) is 10.3 Å². The number of benzene rings is 1. The molecule has 1 aromatic carbocycles. The average molecular weight is 370 g/mol. The standard InChI is InChI=1S/C18H18N4O3S/c1-24-16-7-3-2-5-13(16)9-21-11-15(19-20-21)18-22(17(23)12-26-18)10-14-6-4-8-25-14/h2-8,11,18H,9-10,12H2,1H3. The van der Waals surface area contributed by atoms with Crippen LogP contribution in [-0.4, -0.2) is 38.7 Å². The van der Waals surface area contributed by atoms with E-state index in [0.29, 0.717) is 18.8 Å². The number of rotatable bonds is 6. The summed E-state index contributed by atoms with van der Waals surface area (Å²) in [5.74, 6) is 2.09. The van der Waals surface area contributed by atoms with Crippen molar-refractivity contribution in [1.82, 2.24) is 19.9 Å². The molecule has 0 bridgehead atoms. The number of para-hydroxylation sites is 1. The molecule has 134 valence electrons. The Bertz CT molecular complexity index is 893. The minimum Gasteiger partial charge on any atom is -0.496 e. The van der Waals surface area contributed by atoms with E-state index in [1.54, 1.807) is 34.7 Å². The van der Waals surface area contributed by atoms with E-state index in [1.807, 2.05) is 42.6 Å². The molecule has 1 atom stereocenters. The zero-order valence-electron chi connectivity index (χ0n) is 14.2. The van der Waals surface area contributed by atoms with Crippen molar-refractivity contribution in [1.29, 1.82) is 0 Å².